The number of hydrogen-bond acceptors (Lipinski definition) is 4. The average Bonchev–Trinajstić information content (AvgIpc) is 2.17. The van der Waals surface area contributed by atoms with E-state index in [1.165, 1.54) is 0 Å². The summed E-state index contributed by atoms with van der Waals surface area (Å²) in [6.45, 7) is 2.13. The van der Waals surface area contributed by atoms with Crippen molar-refractivity contribution >= 4 is 14.1 Å². The molecule has 5 heteroatoms. The van der Waals surface area contributed by atoms with E-state index in [2.05, 4.69) is 34.1 Å². The van der Waals surface area contributed by atoms with Gasteiger partial charge in [-0.1, -0.05) is 0 Å². The van der Waals surface area contributed by atoms with E-state index in [0.717, 1.165) is 4.05 Å². The number of amidine groups is 1. The third-order valence-electron chi connectivity index (χ3n) is 1.66. The van der Waals surface area contributed by atoms with Crippen molar-refractivity contribution in [3.8, 4) is 0 Å². The molecule has 0 saturated carbocycles. The molecule has 10 heavy (non-hydrogen) atoms. The Morgan fingerprint density at radius 1 is 1.60 bits per heavy atom. The molecule has 1 aliphatic heterocycles. The van der Waals surface area contributed by atoms with Crippen LogP contribution in [0, 0.1) is 0 Å². The van der Waals surface area contributed by atoms with Gasteiger partial charge in [-0.15, -0.1) is 0 Å². The zero-order valence-electron chi connectivity index (χ0n) is 6.17. The summed E-state index contributed by atoms with van der Waals surface area (Å²) in [5, 5.41) is 6.27. The second-order valence-electron chi connectivity index (χ2n) is 2.22. The van der Waals surface area contributed by atoms with Crippen LogP contribution in [0.15, 0.2) is 5.10 Å². The fraction of sp³-hybridized carbons (Fsp3) is 0.800. The van der Waals surface area contributed by atoms with E-state index in [-0.39, 0.29) is 18.4 Å². The van der Waals surface area contributed by atoms with Gasteiger partial charge in [-0.2, -0.15) is 0 Å². The quantitative estimate of drug-likeness (QED) is 0.550. The Morgan fingerprint density at radius 2 is 2.20 bits per heavy atom. The van der Waals surface area contributed by atoms with Crippen molar-refractivity contribution in [2.45, 2.75) is 13.1 Å². The molecule has 1 aliphatic rings. The summed E-state index contributed by atoms with van der Waals surface area (Å²) >= 11 is -0.0603. The molecule has 0 fully saturated rings. The van der Waals surface area contributed by atoms with Gasteiger partial charge in [0.15, 0.2) is 0 Å². The van der Waals surface area contributed by atoms with E-state index < -0.39 is 0 Å². The summed E-state index contributed by atoms with van der Waals surface area (Å²) in [5.41, 5.74) is 0. The molecule has 1 rings (SSSR count). The number of nitrogens with zero attached hydrogens (tertiary/aromatic N) is 3. The van der Waals surface area contributed by atoms with Gasteiger partial charge in [0.25, 0.3) is 0 Å². The van der Waals surface area contributed by atoms with Crippen LogP contribution in [0.2, 0.25) is 0 Å². The van der Waals surface area contributed by atoms with Gasteiger partial charge in [-0.3, -0.25) is 0 Å². The van der Waals surface area contributed by atoms with Gasteiger partial charge in [0.2, 0.25) is 0 Å². The van der Waals surface area contributed by atoms with Gasteiger partial charge >= 0.3 is 74.8 Å². The van der Waals surface area contributed by atoms with Crippen LogP contribution in [0.1, 0.15) is 6.92 Å². The van der Waals surface area contributed by atoms with Gasteiger partial charge in [0.1, 0.15) is 0 Å². The van der Waals surface area contributed by atoms with Gasteiger partial charge in [0, 0.05) is 0 Å². The van der Waals surface area contributed by atoms with Crippen molar-refractivity contribution in [1.29, 1.82) is 0 Å². The molecule has 3 nitrogen and oxygen atoms in total. The van der Waals surface area contributed by atoms with Crippen LogP contribution in [-0.2, 0) is 18.4 Å². The molecule has 0 saturated heterocycles. The Balaban J connectivity index is 2.68. The molecular formula is C5H11AuN3S. The predicted molar refractivity (Wildman–Crippen MR) is 41.4 cm³/mol. The van der Waals surface area contributed by atoms with E-state index >= 15 is 0 Å². The Hall–Kier alpha value is 0.360. The van der Waals surface area contributed by atoms with Crippen molar-refractivity contribution in [1.82, 2.24) is 9.91 Å². The number of thiol groups is 1. The van der Waals surface area contributed by atoms with Crippen molar-refractivity contribution in [2.75, 3.05) is 14.1 Å². The second kappa shape index (κ2) is 3.17. The summed E-state index contributed by atoms with van der Waals surface area (Å²) in [6, 6.07) is 0. The van der Waals surface area contributed by atoms with Crippen LogP contribution in [0.3, 0.4) is 0 Å². The first-order chi connectivity index (χ1) is 4.66. The second-order valence-corrected chi connectivity index (χ2v) is 4.78. The van der Waals surface area contributed by atoms with Gasteiger partial charge in [0.05, 0.1) is 0 Å². The molecule has 0 aromatic carbocycles. The van der Waals surface area contributed by atoms with Crippen LogP contribution < -0.4 is 0 Å². The summed E-state index contributed by atoms with van der Waals surface area (Å²) < 4.78 is 1.14. The zero-order valence-corrected chi connectivity index (χ0v) is 9.23. The summed E-state index contributed by atoms with van der Waals surface area (Å²) in [5.74, 6) is 0. The molecule has 0 radical (unpaired) electrons. The predicted octanol–water partition coefficient (Wildman–Crippen LogP) is 0.408. The molecule has 0 aromatic rings. The number of hydrazone groups is 1. The molecule has 1 unspecified atom stereocenters. The van der Waals surface area contributed by atoms with Crippen molar-refractivity contribution in [3.63, 3.8) is 0 Å². The number of rotatable bonds is 1. The van der Waals surface area contributed by atoms with Crippen molar-refractivity contribution < 1.29 is 18.4 Å². The fourth-order valence-electron chi connectivity index (χ4n) is 0.724. The summed E-state index contributed by atoms with van der Waals surface area (Å²) in [4.78, 5) is 2.16. The van der Waals surface area contributed by atoms with Crippen molar-refractivity contribution in [2.24, 2.45) is 5.10 Å². The molecule has 0 N–H and O–H groups in total. The van der Waals surface area contributed by atoms with Crippen LogP contribution in [0.5, 0.6) is 0 Å². The molecule has 1 heterocycles. The monoisotopic (exact) mass is 342 g/mol. The minimum atomic E-state index is -0.0603. The molecule has 0 bridgehead atoms. The SMILES string of the molecule is CC1N(C)N=[C]([Au][SH])N1C. The first-order valence-electron chi connectivity index (χ1n) is 2.92. The summed E-state index contributed by atoms with van der Waals surface area (Å²) in [7, 11) is 8.30. The normalized spacial score (nSPS) is 26.0. The minimum absolute atomic E-state index is 0.0603. The molecule has 0 aliphatic carbocycles. The van der Waals surface area contributed by atoms with E-state index in [9.17, 15) is 0 Å². The molecule has 0 aromatic heterocycles. The van der Waals surface area contributed by atoms with E-state index in [0.29, 0.717) is 6.17 Å². The maximum absolute atomic E-state index is 4.31. The van der Waals surface area contributed by atoms with Crippen molar-refractivity contribution in [3.05, 3.63) is 0 Å². The molecular weight excluding hydrogens is 331 g/mol. The third-order valence-corrected chi connectivity index (χ3v) is 4.06. The van der Waals surface area contributed by atoms with Gasteiger partial charge in [-0.25, -0.2) is 0 Å². The Morgan fingerprint density at radius 3 is 2.40 bits per heavy atom. The zero-order chi connectivity index (χ0) is 7.72. The van der Waals surface area contributed by atoms with Gasteiger partial charge in [-0.05, 0) is 0 Å². The first-order valence-corrected chi connectivity index (χ1v) is 7.18. The maximum atomic E-state index is 4.31. The van der Waals surface area contributed by atoms with E-state index in [1.54, 1.807) is 0 Å². The Kier molecular flexibility index (Phi) is 2.68. The van der Waals surface area contributed by atoms with Gasteiger partial charge < -0.3 is 0 Å². The average molecular weight is 342 g/mol. The van der Waals surface area contributed by atoms with Crippen LogP contribution in [-0.4, -0.2) is 34.2 Å². The van der Waals surface area contributed by atoms with Crippen LogP contribution >= 0.6 is 10.1 Å². The Labute approximate surface area is 74.8 Å². The van der Waals surface area contributed by atoms with Crippen LogP contribution in [0.4, 0.5) is 0 Å². The fourth-order valence-corrected chi connectivity index (χ4v) is 2.91. The van der Waals surface area contributed by atoms with E-state index in [1.807, 2.05) is 12.1 Å². The molecule has 1 atom stereocenters. The van der Waals surface area contributed by atoms with Crippen LogP contribution in [0.25, 0.3) is 0 Å². The molecule has 63 valence electrons. The Bertz CT molecular complexity index is 161. The topological polar surface area (TPSA) is 18.8 Å². The standard InChI is InChI=1S/C5H10N3.Au.H2S/c1-5-7(2)4-6-8(5)3;;/h5H,1-3H3;;1H2/q;+1;/p-1. The number of hydrogen-bond donors (Lipinski definition) is 1. The van der Waals surface area contributed by atoms with E-state index in [4.69, 9.17) is 0 Å². The third kappa shape index (κ3) is 1.34. The summed E-state index contributed by atoms with van der Waals surface area (Å²) in [6.07, 6.45) is 0.401. The molecule has 0 amide bonds. The molecule has 0 spiro atoms. The first kappa shape index (κ1) is 8.46.